The number of sulfone groups is 2. The summed E-state index contributed by atoms with van der Waals surface area (Å²) in [5.74, 6) is 1.08. The van der Waals surface area contributed by atoms with Gasteiger partial charge in [-0.3, -0.25) is 0 Å². The fourth-order valence-corrected chi connectivity index (χ4v) is 6.58. The molecule has 0 aromatic heterocycles. The molecule has 0 spiro atoms. The number of benzene rings is 4. The molecule has 210 valence electrons. The lowest BCUT2D eigenvalue weighted by atomic mass is 9.86. The molecule has 0 N–H and O–H groups in total. The molecule has 0 atom stereocenters. The minimum Gasteiger partial charge on any atom is -0.457 e. The second-order valence-corrected chi connectivity index (χ2v) is 16.4. The molecule has 0 saturated carbocycles. The van der Waals surface area contributed by atoms with Crippen LogP contribution in [0.25, 0.3) is 11.1 Å². The normalized spacial score (nSPS) is 12.8. The predicted octanol–water partition coefficient (Wildman–Crippen LogP) is 7.64. The van der Waals surface area contributed by atoms with Crippen molar-refractivity contribution in [1.29, 1.82) is 0 Å². The van der Waals surface area contributed by atoms with Gasteiger partial charge in [0.25, 0.3) is 0 Å². The highest BCUT2D eigenvalue weighted by atomic mass is 32.2. The second kappa shape index (κ2) is 10.9. The van der Waals surface area contributed by atoms with Crippen LogP contribution in [0.2, 0.25) is 0 Å². The molecule has 0 saturated heterocycles. The van der Waals surface area contributed by atoms with Crippen LogP contribution in [0.3, 0.4) is 0 Å². The molecule has 4 aromatic carbocycles. The molecule has 7 heteroatoms. The molecule has 4 aromatic rings. The summed E-state index contributed by atoms with van der Waals surface area (Å²) in [7, 11) is -6.89. The summed E-state index contributed by atoms with van der Waals surface area (Å²) in [5, 5.41) is 0. The van der Waals surface area contributed by atoms with E-state index >= 15 is 0 Å². The molecule has 0 aliphatic carbocycles. The smallest absolute Gasteiger partial charge is 0.183 e. The van der Waals surface area contributed by atoms with Crippen LogP contribution in [0.15, 0.2) is 107 Å². The van der Waals surface area contributed by atoms with Crippen LogP contribution in [0, 0.1) is 0 Å². The number of hydrogen-bond donors (Lipinski definition) is 0. The Hall–Kier alpha value is -3.42. The van der Waals surface area contributed by atoms with Gasteiger partial charge in [0.1, 0.15) is 11.5 Å². The van der Waals surface area contributed by atoms with E-state index in [9.17, 15) is 16.8 Å². The first-order valence-corrected chi connectivity index (χ1v) is 16.5. The maximum atomic E-state index is 13.6. The maximum absolute atomic E-state index is 13.6. The standard InChI is InChI=1S/C33H36O5S2/c1-32(2,3)27-13-9-25(10-14-27)26-11-19-31(20-12-26)40(36,37)33(4,5)23-24-7-15-28(16-8-24)38-29-17-21-30(22-18-29)39(6,34)35/h7-22H,23H2,1-6H3. The molecule has 0 heterocycles. The SMILES string of the molecule is CC(C)(C)c1ccc(-c2ccc(S(=O)(=O)C(C)(C)Cc3ccc(Oc4ccc(S(C)(=O)=O)cc4)cc3)cc2)cc1. The van der Waals surface area contributed by atoms with E-state index in [4.69, 9.17) is 4.74 Å². The predicted molar refractivity (Wildman–Crippen MR) is 162 cm³/mol. The van der Waals surface area contributed by atoms with Gasteiger partial charge in [-0.05, 0) is 96.5 Å². The highest BCUT2D eigenvalue weighted by Gasteiger charge is 2.36. The van der Waals surface area contributed by atoms with Crippen LogP contribution >= 0.6 is 0 Å². The Bertz CT molecular complexity index is 1680. The van der Waals surface area contributed by atoms with Crippen LogP contribution in [-0.4, -0.2) is 27.8 Å². The summed E-state index contributed by atoms with van der Waals surface area (Å²) in [6, 6.07) is 29.0. The van der Waals surface area contributed by atoms with E-state index in [0.717, 1.165) is 22.9 Å². The van der Waals surface area contributed by atoms with Gasteiger partial charge in [0.2, 0.25) is 0 Å². The molecule has 0 aliphatic rings. The lowest BCUT2D eigenvalue weighted by molar-refractivity contribution is 0.481. The molecule has 0 radical (unpaired) electrons. The first-order valence-electron chi connectivity index (χ1n) is 13.1. The van der Waals surface area contributed by atoms with Crippen molar-refractivity contribution in [3.8, 4) is 22.6 Å². The lowest BCUT2D eigenvalue weighted by Crippen LogP contribution is -2.34. The maximum Gasteiger partial charge on any atom is 0.183 e. The molecule has 0 fully saturated rings. The number of ether oxygens (including phenoxy) is 1. The van der Waals surface area contributed by atoms with E-state index in [1.807, 2.05) is 24.3 Å². The number of hydrogen-bond acceptors (Lipinski definition) is 5. The fourth-order valence-electron chi connectivity index (χ4n) is 4.46. The van der Waals surface area contributed by atoms with Crippen molar-refractivity contribution >= 4 is 19.7 Å². The van der Waals surface area contributed by atoms with Gasteiger partial charge < -0.3 is 4.74 Å². The van der Waals surface area contributed by atoms with Gasteiger partial charge in [0.05, 0.1) is 14.5 Å². The Morgan fingerprint density at radius 3 is 1.45 bits per heavy atom. The van der Waals surface area contributed by atoms with Crippen molar-refractivity contribution in [2.24, 2.45) is 0 Å². The average molecular weight is 577 g/mol. The zero-order chi connectivity index (χ0) is 29.3. The largest absolute Gasteiger partial charge is 0.457 e. The Kier molecular flexibility index (Phi) is 8.03. The van der Waals surface area contributed by atoms with Gasteiger partial charge in [-0.25, -0.2) is 16.8 Å². The van der Waals surface area contributed by atoms with Gasteiger partial charge in [0.15, 0.2) is 19.7 Å². The van der Waals surface area contributed by atoms with E-state index in [1.165, 1.54) is 17.7 Å². The Labute approximate surface area is 238 Å². The molecular formula is C33H36O5S2. The quantitative estimate of drug-likeness (QED) is 0.215. The van der Waals surface area contributed by atoms with Crippen molar-refractivity contribution in [2.45, 2.75) is 61.0 Å². The molecule has 40 heavy (non-hydrogen) atoms. The van der Waals surface area contributed by atoms with E-state index in [2.05, 4.69) is 45.0 Å². The van der Waals surface area contributed by atoms with E-state index in [1.54, 1.807) is 50.2 Å². The summed E-state index contributed by atoms with van der Waals surface area (Å²) >= 11 is 0. The summed E-state index contributed by atoms with van der Waals surface area (Å²) in [5.41, 5.74) is 4.20. The third-order valence-corrected chi connectivity index (χ3v) is 10.6. The highest BCUT2D eigenvalue weighted by molar-refractivity contribution is 7.92. The molecule has 0 amide bonds. The molecule has 0 aliphatic heterocycles. The first-order chi connectivity index (χ1) is 18.6. The number of rotatable bonds is 8. The first kappa shape index (κ1) is 29.6. The highest BCUT2D eigenvalue weighted by Crippen LogP contribution is 2.32. The summed E-state index contributed by atoms with van der Waals surface area (Å²) in [4.78, 5) is 0.521. The monoisotopic (exact) mass is 576 g/mol. The van der Waals surface area contributed by atoms with Gasteiger partial charge in [-0.2, -0.15) is 0 Å². The van der Waals surface area contributed by atoms with Gasteiger partial charge in [-0.15, -0.1) is 0 Å². The topological polar surface area (TPSA) is 77.5 Å². The third-order valence-electron chi connectivity index (χ3n) is 7.02. The van der Waals surface area contributed by atoms with Crippen LogP contribution in [0.4, 0.5) is 0 Å². The van der Waals surface area contributed by atoms with Crippen molar-refractivity contribution in [3.63, 3.8) is 0 Å². The lowest BCUT2D eigenvalue weighted by Gasteiger charge is -2.25. The second-order valence-electron chi connectivity index (χ2n) is 11.8. The van der Waals surface area contributed by atoms with E-state index < -0.39 is 24.4 Å². The van der Waals surface area contributed by atoms with Crippen LogP contribution in [0.1, 0.15) is 45.7 Å². The fraction of sp³-hybridized carbons (Fsp3) is 0.273. The molecular weight excluding hydrogens is 540 g/mol. The van der Waals surface area contributed by atoms with Crippen molar-refractivity contribution < 1.29 is 21.6 Å². The minimum absolute atomic E-state index is 0.0728. The zero-order valence-electron chi connectivity index (χ0n) is 23.8. The summed E-state index contributed by atoms with van der Waals surface area (Å²) in [6.07, 6.45) is 1.49. The van der Waals surface area contributed by atoms with Gasteiger partial charge in [0, 0.05) is 6.26 Å². The Morgan fingerprint density at radius 1 is 0.575 bits per heavy atom. The molecule has 0 bridgehead atoms. The molecule has 5 nitrogen and oxygen atoms in total. The molecule has 0 unspecified atom stereocenters. The van der Waals surface area contributed by atoms with Crippen LogP contribution in [-0.2, 0) is 31.5 Å². The third kappa shape index (κ3) is 6.65. The van der Waals surface area contributed by atoms with Crippen LogP contribution in [0.5, 0.6) is 11.5 Å². The Balaban J connectivity index is 1.45. The summed E-state index contributed by atoms with van der Waals surface area (Å²) in [6.45, 7) is 10.0. The van der Waals surface area contributed by atoms with Crippen molar-refractivity contribution in [1.82, 2.24) is 0 Å². The average Bonchev–Trinajstić information content (AvgIpc) is 2.89. The zero-order valence-corrected chi connectivity index (χ0v) is 25.4. The van der Waals surface area contributed by atoms with E-state index in [0.29, 0.717) is 22.8 Å². The van der Waals surface area contributed by atoms with E-state index in [-0.39, 0.29) is 10.3 Å². The van der Waals surface area contributed by atoms with Crippen molar-refractivity contribution in [3.05, 3.63) is 108 Å². The van der Waals surface area contributed by atoms with Crippen LogP contribution < -0.4 is 4.74 Å². The van der Waals surface area contributed by atoms with Crippen molar-refractivity contribution in [2.75, 3.05) is 6.26 Å². The van der Waals surface area contributed by atoms with Gasteiger partial charge in [-0.1, -0.05) is 69.3 Å². The summed E-state index contributed by atoms with van der Waals surface area (Å²) < 4.78 is 55.3. The Morgan fingerprint density at radius 2 is 1.00 bits per heavy atom. The molecule has 4 rings (SSSR count). The van der Waals surface area contributed by atoms with Gasteiger partial charge >= 0.3 is 0 Å². The minimum atomic E-state index is -3.62.